The molecule has 144 valence electrons. The molecule has 0 spiro atoms. The van der Waals surface area contributed by atoms with Crippen molar-refractivity contribution in [2.24, 2.45) is 7.05 Å². The van der Waals surface area contributed by atoms with Gasteiger partial charge in [-0.1, -0.05) is 48.5 Å². The van der Waals surface area contributed by atoms with E-state index in [-0.39, 0.29) is 11.8 Å². The molecule has 1 N–H and O–H groups in total. The van der Waals surface area contributed by atoms with E-state index in [0.717, 1.165) is 22.0 Å². The third kappa shape index (κ3) is 4.77. The highest BCUT2D eigenvalue weighted by Gasteiger charge is 2.21. The van der Waals surface area contributed by atoms with Gasteiger partial charge in [-0.15, -0.1) is 0 Å². The van der Waals surface area contributed by atoms with Gasteiger partial charge >= 0.3 is 0 Å². The van der Waals surface area contributed by atoms with Gasteiger partial charge in [-0.2, -0.15) is 0 Å². The molecule has 3 aromatic rings. The van der Waals surface area contributed by atoms with Crippen LogP contribution in [0, 0.1) is 0 Å². The molecule has 2 aromatic carbocycles. The van der Waals surface area contributed by atoms with Gasteiger partial charge in [0.25, 0.3) is 0 Å². The molecule has 5 nitrogen and oxygen atoms in total. The molecule has 0 radical (unpaired) electrons. The molecule has 1 atom stereocenters. The zero-order valence-electron chi connectivity index (χ0n) is 16.1. The Hall–Kier alpha value is -2.15. The lowest BCUT2D eigenvalue weighted by atomic mass is 10.1. The van der Waals surface area contributed by atoms with Crippen molar-refractivity contribution in [3.63, 3.8) is 0 Å². The number of benzene rings is 2. The lowest BCUT2D eigenvalue weighted by Gasteiger charge is -2.24. The van der Waals surface area contributed by atoms with Crippen LogP contribution in [0.25, 0.3) is 10.9 Å². The maximum atomic E-state index is 12.5. The molecule has 0 fully saturated rings. The molecular weight excluding hydrogens is 358 g/mol. The van der Waals surface area contributed by atoms with Crippen molar-refractivity contribution in [2.45, 2.75) is 12.5 Å². The van der Waals surface area contributed by atoms with Gasteiger partial charge < -0.3 is 9.47 Å². The number of para-hydroxylation sites is 1. The molecule has 0 bridgehead atoms. The Balaban J connectivity index is 1.73. The van der Waals surface area contributed by atoms with Crippen LogP contribution in [0.5, 0.6) is 0 Å². The van der Waals surface area contributed by atoms with Crippen LogP contribution in [0.3, 0.4) is 0 Å². The van der Waals surface area contributed by atoms with Crippen molar-refractivity contribution < 1.29 is 8.42 Å². The second-order valence-electron chi connectivity index (χ2n) is 7.09. The maximum Gasteiger partial charge on any atom is 0.211 e. The van der Waals surface area contributed by atoms with Crippen molar-refractivity contribution in [3.8, 4) is 0 Å². The van der Waals surface area contributed by atoms with Crippen LogP contribution < -0.4 is 4.72 Å². The van der Waals surface area contributed by atoms with Gasteiger partial charge in [-0.25, -0.2) is 13.1 Å². The highest BCUT2D eigenvalue weighted by Crippen LogP contribution is 2.28. The zero-order chi connectivity index (χ0) is 19.4. The molecule has 0 saturated heterocycles. The first-order valence-corrected chi connectivity index (χ1v) is 10.7. The number of likely N-dealkylation sites (N-methyl/N-ethyl adjacent to an activating group) is 1. The largest absolute Gasteiger partial charge is 0.350 e. The minimum absolute atomic E-state index is 0.0393. The fourth-order valence-electron chi connectivity index (χ4n) is 3.38. The van der Waals surface area contributed by atoms with Crippen LogP contribution in [0.4, 0.5) is 0 Å². The number of nitrogens with zero attached hydrogens (tertiary/aromatic N) is 2. The summed E-state index contributed by atoms with van der Waals surface area (Å²) in [5.41, 5.74) is 3.30. The van der Waals surface area contributed by atoms with Gasteiger partial charge in [-0.3, -0.25) is 0 Å². The van der Waals surface area contributed by atoms with Crippen molar-refractivity contribution >= 4 is 20.9 Å². The quantitative estimate of drug-likeness (QED) is 0.649. The molecular formula is C21H27N3O2S. The molecule has 1 heterocycles. The summed E-state index contributed by atoms with van der Waals surface area (Å²) < 4.78 is 29.9. The minimum atomic E-state index is -3.35. The number of aromatic nitrogens is 1. The third-order valence-corrected chi connectivity index (χ3v) is 6.26. The molecule has 1 unspecified atom stereocenters. The van der Waals surface area contributed by atoms with Gasteiger partial charge in [0.2, 0.25) is 10.0 Å². The summed E-state index contributed by atoms with van der Waals surface area (Å²) in [7, 11) is 2.62. The molecule has 1 aromatic heterocycles. The average Bonchev–Trinajstić information content (AvgIpc) is 2.98. The predicted octanol–water partition coefficient (Wildman–Crippen LogP) is 2.94. The summed E-state index contributed by atoms with van der Waals surface area (Å²) in [6, 6.07) is 17.9. The van der Waals surface area contributed by atoms with Crippen molar-refractivity contribution in [1.82, 2.24) is 14.2 Å². The molecule has 27 heavy (non-hydrogen) atoms. The van der Waals surface area contributed by atoms with E-state index in [9.17, 15) is 8.42 Å². The highest BCUT2D eigenvalue weighted by atomic mass is 32.2. The maximum absolute atomic E-state index is 12.5. The number of hydrogen-bond donors (Lipinski definition) is 1. The Morgan fingerprint density at radius 3 is 2.41 bits per heavy atom. The molecule has 6 heteroatoms. The highest BCUT2D eigenvalue weighted by molar-refractivity contribution is 7.89. The number of rotatable bonds is 8. The number of fused-ring (bicyclic) bond motifs is 1. The van der Waals surface area contributed by atoms with Gasteiger partial charge in [0.1, 0.15) is 0 Å². The van der Waals surface area contributed by atoms with E-state index in [0.29, 0.717) is 13.0 Å². The third-order valence-electron chi connectivity index (χ3n) is 4.91. The monoisotopic (exact) mass is 385 g/mol. The van der Waals surface area contributed by atoms with E-state index in [1.807, 2.05) is 63.6 Å². The van der Waals surface area contributed by atoms with E-state index >= 15 is 0 Å². The second-order valence-corrected chi connectivity index (χ2v) is 9.02. The van der Waals surface area contributed by atoms with Crippen LogP contribution in [0.2, 0.25) is 0 Å². The number of nitrogens with one attached hydrogen (secondary N) is 1. The second kappa shape index (κ2) is 8.25. The van der Waals surface area contributed by atoms with E-state index < -0.39 is 10.0 Å². The number of aryl methyl sites for hydroxylation is 2. The van der Waals surface area contributed by atoms with Gasteiger partial charge in [-0.05, 0) is 37.7 Å². The predicted molar refractivity (Wildman–Crippen MR) is 111 cm³/mol. The molecule has 3 rings (SSSR count). The fourth-order valence-corrected chi connectivity index (χ4v) is 4.44. The Morgan fingerprint density at radius 2 is 1.70 bits per heavy atom. The van der Waals surface area contributed by atoms with E-state index in [1.54, 1.807) is 0 Å². The van der Waals surface area contributed by atoms with E-state index in [4.69, 9.17) is 0 Å². The summed E-state index contributed by atoms with van der Waals surface area (Å²) in [5, 5.41) is 1.15. The standard InChI is InChI=1S/C21H27N3O2S/c1-23(2)21(19-16-24(3)20-12-8-7-11-18(19)20)15-22-27(25,26)14-13-17-9-5-4-6-10-17/h4-12,16,21-22H,13-15H2,1-3H3. The lowest BCUT2D eigenvalue weighted by molar-refractivity contribution is 0.301. The Kier molecular flexibility index (Phi) is 5.99. The van der Waals surface area contributed by atoms with E-state index in [1.165, 1.54) is 0 Å². The van der Waals surface area contributed by atoms with Gasteiger partial charge in [0.05, 0.1) is 5.75 Å². The zero-order valence-corrected chi connectivity index (χ0v) is 16.9. The molecule has 0 amide bonds. The van der Waals surface area contributed by atoms with Crippen LogP contribution >= 0.6 is 0 Å². The fraction of sp³-hybridized carbons (Fsp3) is 0.333. The van der Waals surface area contributed by atoms with Crippen molar-refractivity contribution in [2.75, 3.05) is 26.4 Å². The van der Waals surface area contributed by atoms with Crippen LogP contribution in [0.1, 0.15) is 17.2 Å². The Bertz CT molecular complexity index is 995. The van der Waals surface area contributed by atoms with Crippen molar-refractivity contribution in [1.29, 1.82) is 0 Å². The first kappa shape index (κ1) is 19.6. The summed E-state index contributed by atoms with van der Waals surface area (Å²) in [4.78, 5) is 2.06. The Morgan fingerprint density at radius 1 is 1.04 bits per heavy atom. The molecule has 0 aliphatic rings. The van der Waals surface area contributed by atoms with E-state index in [2.05, 4.69) is 32.5 Å². The minimum Gasteiger partial charge on any atom is -0.350 e. The summed E-state index contributed by atoms with van der Waals surface area (Å²) in [6.07, 6.45) is 2.60. The number of hydrogen-bond acceptors (Lipinski definition) is 3. The molecule has 0 aliphatic heterocycles. The van der Waals surface area contributed by atoms with Crippen LogP contribution in [-0.4, -0.2) is 44.3 Å². The smallest absolute Gasteiger partial charge is 0.211 e. The first-order valence-electron chi connectivity index (χ1n) is 9.09. The number of sulfonamides is 1. The average molecular weight is 386 g/mol. The topological polar surface area (TPSA) is 54.3 Å². The summed E-state index contributed by atoms with van der Waals surface area (Å²) >= 11 is 0. The van der Waals surface area contributed by atoms with Gasteiger partial charge in [0, 0.05) is 36.7 Å². The Labute approximate surface area is 161 Å². The first-order chi connectivity index (χ1) is 12.9. The molecule has 0 aliphatic carbocycles. The lowest BCUT2D eigenvalue weighted by Crippen LogP contribution is -2.36. The van der Waals surface area contributed by atoms with Crippen LogP contribution in [0.15, 0.2) is 60.8 Å². The molecule has 0 saturated carbocycles. The summed E-state index contributed by atoms with van der Waals surface area (Å²) in [5.74, 6) is 0.0900. The SMILES string of the molecule is CN(C)C(CNS(=O)(=O)CCc1ccccc1)c1cn(C)c2ccccc12. The van der Waals surface area contributed by atoms with Gasteiger partial charge in [0.15, 0.2) is 0 Å². The van der Waals surface area contributed by atoms with Crippen molar-refractivity contribution in [3.05, 3.63) is 71.9 Å². The summed E-state index contributed by atoms with van der Waals surface area (Å²) in [6.45, 7) is 0.345. The normalized spacial score (nSPS) is 13.3. The van der Waals surface area contributed by atoms with Crippen LogP contribution in [-0.2, 0) is 23.5 Å².